The third-order valence-electron chi connectivity index (χ3n) is 6.14. The van der Waals surface area contributed by atoms with Crippen LogP contribution in [-0.4, -0.2) is 34.3 Å². The van der Waals surface area contributed by atoms with Crippen molar-refractivity contribution in [3.05, 3.63) is 95.3 Å². The maximum atomic E-state index is 10.9. The third kappa shape index (κ3) is 6.11. The van der Waals surface area contributed by atoms with E-state index in [1.807, 2.05) is 48.7 Å². The van der Waals surface area contributed by atoms with Crippen molar-refractivity contribution in [3.8, 4) is 5.75 Å². The first kappa shape index (κ1) is 23.7. The Morgan fingerprint density at radius 3 is 2.71 bits per heavy atom. The van der Waals surface area contributed by atoms with Crippen LogP contribution in [0.4, 0.5) is 0 Å². The van der Waals surface area contributed by atoms with E-state index in [1.165, 1.54) is 5.56 Å². The number of hydrogen-bond acceptors (Lipinski definition) is 4. The molecule has 34 heavy (non-hydrogen) atoms. The van der Waals surface area contributed by atoms with Crippen LogP contribution in [0.1, 0.15) is 53.5 Å². The van der Waals surface area contributed by atoms with Gasteiger partial charge in [-0.3, -0.25) is 4.98 Å². The minimum atomic E-state index is -0.963. The van der Waals surface area contributed by atoms with Crippen LogP contribution in [0.15, 0.2) is 73.1 Å². The van der Waals surface area contributed by atoms with Crippen LogP contribution in [0.2, 0.25) is 0 Å². The molecule has 0 saturated heterocycles. The highest BCUT2D eigenvalue weighted by Crippen LogP contribution is 2.38. The van der Waals surface area contributed by atoms with E-state index in [0.29, 0.717) is 16.8 Å². The fraction of sp³-hybridized carbons (Fsp3) is 0.296. The first-order valence-electron chi connectivity index (χ1n) is 11.6. The second kappa shape index (κ2) is 11.6. The molecule has 2 aromatic carbocycles. The minimum Gasteiger partial charge on any atom is -0.482 e. The number of thiocarbonyl (C=S) groups is 1. The van der Waals surface area contributed by atoms with E-state index in [9.17, 15) is 4.79 Å². The number of pyridine rings is 1. The average Bonchev–Trinajstić information content (AvgIpc) is 2.87. The Morgan fingerprint density at radius 2 is 1.94 bits per heavy atom. The fourth-order valence-electron chi connectivity index (χ4n) is 4.58. The molecule has 0 aliphatic heterocycles. The fourth-order valence-corrected chi connectivity index (χ4v) is 4.80. The first-order chi connectivity index (χ1) is 16.6. The summed E-state index contributed by atoms with van der Waals surface area (Å²) in [4.78, 5) is 15.2. The number of fused-ring (bicyclic) bond motifs is 1. The molecule has 1 heterocycles. The largest absolute Gasteiger partial charge is 0.482 e. The number of carboxylic acids is 1. The van der Waals surface area contributed by atoms with E-state index >= 15 is 0 Å². The summed E-state index contributed by atoms with van der Waals surface area (Å²) in [6.45, 7) is 0.423. The van der Waals surface area contributed by atoms with Crippen molar-refractivity contribution in [2.75, 3.05) is 13.2 Å². The predicted octanol–water partition coefficient (Wildman–Crippen LogP) is 4.61. The molecule has 1 aliphatic carbocycles. The lowest BCUT2D eigenvalue weighted by atomic mass is 9.80. The van der Waals surface area contributed by atoms with Gasteiger partial charge < -0.3 is 20.5 Å². The number of carboxylic acid groups (broad SMARTS) is 1. The lowest BCUT2D eigenvalue weighted by Crippen LogP contribution is -2.39. The number of ether oxygens (including phenoxy) is 1. The maximum absolute atomic E-state index is 10.9. The second-order valence-corrected chi connectivity index (χ2v) is 8.82. The molecule has 0 spiro atoms. The molecular weight excluding hydrogens is 446 g/mol. The first-order valence-corrected chi connectivity index (χ1v) is 12.0. The summed E-state index contributed by atoms with van der Waals surface area (Å²) < 4.78 is 5.53. The molecule has 7 heteroatoms. The van der Waals surface area contributed by atoms with Crippen LogP contribution >= 0.6 is 12.2 Å². The molecule has 1 aromatic heterocycles. The molecule has 176 valence electrons. The van der Waals surface area contributed by atoms with Gasteiger partial charge in [0.1, 0.15) is 5.75 Å². The highest BCUT2D eigenvalue weighted by Gasteiger charge is 2.23. The van der Waals surface area contributed by atoms with Crippen molar-refractivity contribution < 1.29 is 14.6 Å². The van der Waals surface area contributed by atoms with Gasteiger partial charge in [0, 0.05) is 18.9 Å². The van der Waals surface area contributed by atoms with Crippen LogP contribution in [0, 0.1) is 0 Å². The van der Waals surface area contributed by atoms with E-state index in [4.69, 9.17) is 22.1 Å². The van der Waals surface area contributed by atoms with Crippen LogP contribution < -0.4 is 15.4 Å². The number of carbonyl (C=O) groups is 1. The van der Waals surface area contributed by atoms with Gasteiger partial charge in [-0.15, -0.1) is 0 Å². The number of aliphatic carboxylic acids is 1. The predicted molar refractivity (Wildman–Crippen MR) is 136 cm³/mol. The van der Waals surface area contributed by atoms with Gasteiger partial charge in [-0.25, -0.2) is 4.79 Å². The van der Waals surface area contributed by atoms with Crippen LogP contribution in [0.25, 0.3) is 0 Å². The molecular formula is C27H29N3O3S. The third-order valence-corrected chi connectivity index (χ3v) is 6.41. The summed E-state index contributed by atoms with van der Waals surface area (Å²) in [6.07, 6.45) is 7.63. The maximum Gasteiger partial charge on any atom is 0.341 e. The van der Waals surface area contributed by atoms with Gasteiger partial charge >= 0.3 is 5.97 Å². The molecule has 0 saturated carbocycles. The Kier molecular flexibility index (Phi) is 8.09. The molecule has 3 aromatic rings. The Bertz CT molecular complexity index is 1070. The molecule has 0 amide bonds. The van der Waals surface area contributed by atoms with Crippen LogP contribution in [0.3, 0.4) is 0 Å². The summed E-state index contributed by atoms with van der Waals surface area (Å²) >= 11 is 5.64. The lowest BCUT2D eigenvalue weighted by molar-refractivity contribution is -0.139. The van der Waals surface area contributed by atoms with E-state index in [0.717, 1.165) is 48.9 Å². The number of nitrogens with zero attached hydrogens (tertiary/aromatic N) is 1. The zero-order valence-corrected chi connectivity index (χ0v) is 19.8. The zero-order chi connectivity index (χ0) is 23.8. The quantitative estimate of drug-likeness (QED) is 0.390. The molecule has 2 unspecified atom stereocenters. The second-order valence-electron chi connectivity index (χ2n) is 8.41. The molecule has 0 fully saturated rings. The van der Waals surface area contributed by atoms with E-state index in [1.54, 1.807) is 6.20 Å². The zero-order valence-electron chi connectivity index (χ0n) is 18.9. The van der Waals surface area contributed by atoms with Gasteiger partial charge in [0.05, 0.1) is 6.04 Å². The van der Waals surface area contributed by atoms with Gasteiger partial charge in [-0.2, -0.15) is 0 Å². The van der Waals surface area contributed by atoms with Crippen molar-refractivity contribution in [1.29, 1.82) is 0 Å². The summed E-state index contributed by atoms with van der Waals surface area (Å²) in [5.74, 6) is 0.114. The Hall–Kier alpha value is -3.45. The molecule has 6 nitrogen and oxygen atoms in total. The standard InChI is InChI=1S/C27H29N3O3S/c31-25(32)18-33-24-13-5-11-22-19(9-4-12-23(22)24)14-16-29-27(34)30-26(20-7-2-1-3-8-20)21-10-6-15-28-17-21/h1-3,5-8,10-11,13,15,17,19,26H,4,9,12,14,16,18H2,(H,31,32)(H2,29,30,34). The molecule has 2 atom stereocenters. The number of hydrogen-bond donors (Lipinski definition) is 3. The molecule has 1 aliphatic rings. The molecule has 3 N–H and O–H groups in total. The van der Waals surface area contributed by atoms with Crippen molar-refractivity contribution in [1.82, 2.24) is 15.6 Å². The lowest BCUT2D eigenvalue weighted by Gasteiger charge is -2.28. The number of benzene rings is 2. The number of rotatable bonds is 9. The van der Waals surface area contributed by atoms with Gasteiger partial charge in [-0.1, -0.05) is 48.5 Å². The van der Waals surface area contributed by atoms with Crippen molar-refractivity contribution in [2.24, 2.45) is 0 Å². The van der Waals surface area contributed by atoms with E-state index in [2.05, 4.69) is 33.8 Å². The molecule has 0 bridgehead atoms. The highest BCUT2D eigenvalue weighted by atomic mass is 32.1. The Labute approximate surface area is 205 Å². The minimum absolute atomic E-state index is 0.0840. The molecule has 0 radical (unpaired) electrons. The van der Waals surface area contributed by atoms with Crippen LogP contribution in [-0.2, 0) is 11.2 Å². The normalized spacial score (nSPS) is 15.6. The smallest absolute Gasteiger partial charge is 0.341 e. The number of aromatic nitrogens is 1. The molecule has 4 rings (SSSR count). The summed E-state index contributed by atoms with van der Waals surface area (Å²) in [6, 6.07) is 20.0. The summed E-state index contributed by atoms with van der Waals surface area (Å²) in [5.41, 5.74) is 4.57. The van der Waals surface area contributed by atoms with Crippen molar-refractivity contribution in [2.45, 2.75) is 37.6 Å². The Morgan fingerprint density at radius 1 is 1.12 bits per heavy atom. The number of nitrogens with one attached hydrogen (secondary N) is 2. The average molecular weight is 476 g/mol. The summed E-state index contributed by atoms with van der Waals surface area (Å²) in [7, 11) is 0. The highest BCUT2D eigenvalue weighted by molar-refractivity contribution is 7.80. The van der Waals surface area contributed by atoms with Gasteiger partial charge in [0.15, 0.2) is 11.7 Å². The van der Waals surface area contributed by atoms with E-state index in [-0.39, 0.29) is 12.6 Å². The topological polar surface area (TPSA) is 83.5 Å². The van der Waals surface area contributed by atoms with Crippen LogP contribution in [0.5, 0.6) is 5.75 Å². The monoisotopic (exact) mass is 475 g/mol. The Balaban J connectivity index is 1.37. The van der Waals surface area contributed by atoms with Gasteiger partial charge in [0.25, 0.3) is 0 Å². The van der Waals surface area contributed by atoms with Crippen molar-refractivity contribution in [3.63, 3.8) is 0 Å². The summed E-state index contributed by atoms with van der Waals surface area (Å²) in [5, 5.41) is 16.4. The van der Waals surface area contributed by atoms with E-state index < -0.39 is 5.97 Å². The van der Waals surface area contributed by atoms with Crippen molar-refractivity contribution >= 4 is 23.3 Å². The SMILES string of the molecule is O=C(O)COc1cccc2c1CCCC2CCNC(=S)NC(c1ccccc1)c1cccnc1. The van der Waals surface area contributed by atoms with Gasteiger partial charge in [0.2, 0.25) is 0 Å². The van der Waals surface area contributed by atoms with Gasteiger partial charge in [-0.05, 0) is 78.2 Å².